The number of rotatable bonds is 4. The van der Waals surface area contributed by atoms with Crippen LogP contribution in [0.15, 0.2) is 106 Å². The van der Waals surface area contributed by atoms with Crippen LogP contribution in [0.4, 0.5) is 0 Å². The highest BCUT2D eigenvalue weighted by molar-refractivity contribution is 5.50. The highest BCUT2D eigenvalue weighted by Crippen LogP contribution is 2.37. The number of allylic oxidation sites excluding steroid dienone is 2. The van der Waals surface area contributed by atoms with Gasteiger partial charge in [0.2, 0.25) is 5.88 Å². The SMILES string of the molecule is COc1ccc(C2C=C(C)Oc3c2c(=O)n(-c2ccccc2)c(=O)n3-c2ccccc2)cc1. The van der Waals surface area contributed by atoms with Crippen LogP contribution in [-0.4, -0.2) is 16.2 Å². The van der Waals surface area contributed by atoms with Crippen molar-refractivity contribution in [2.45, 2.75) is 12.8 Å². The maximum absolute atomic E-state index is 13.8. The molecule has 1 aliphatic heterocycles. The van der Waals surface area contributed by atoms with E-state index in [4.69, 9.17) is 9.47 Å². The van der Waals surface area contributed by atoms with Crippen LogP contribution < -0.4 is 20.7 Å². The summed E-state index contributed by atoms with van der Waals surface area (Å²) in [6.45, 7) is 1.82. The van der Waals surface area contributed by atoms with E-state index in [1.54, 1.807) is 31.4 Å². The van der Waals surface area contributed by atoms with Crippen LogP contribution in [0, 0.1) is 0 Å². The number of nitrogens with zero attached hydrogens (tertiary/aromatic N) is 2. The summed E-state index contributed by atoms with van der Waals surface area (Å²) in [6.07, 6.45) is 1.90. The topological polar surface area (TPSA) is 62.5 Å². The predicted molar refractivity (Wildman–Crippen MR) is 127 cm³/mol. The second-order valence-corrected chi connectivity index (χ2v) is 7.78. The number of ether oxygens (including phenoxy) is 2. The summed E-state index contributed by atoms with van der Waals surface area (Å²) in [4.78, 5) is 27.6. The molecule has 0 amide bonds. The van der Waals surface area contributed by atoms with Crippen molar-refractivity contribution in [1.29, 1.82) is 0 Å². The lowest BCUT2D eigenvalue weighted by atomic mass is 9.90. The second-order valence-electron chi connectivity index (χ2n) is 7.78. The van der Waals surface area contributed by atoms with Crippen molar-refractivity contribution in [3.8, 4) is 23.0 Å². The van der Waals surface area contributed by atoms with E-state index in [9.17, 15) is 9.59 Å². The Hall–Kier alpha value is -4.32. The van der Waals surface area contributed by atoms with E-state index in [-0.39, 0.29) is 5.88 Å². The van der Waals surface area contributed by atoms with Crippen LogP contribution >= 0.6 is 0 Å². The van der Waals surface area contributed by atoms with Crippen LogP contribution in [0.1, 0.15) is 24.0 Å². The fourth-order valence-corrected chi connectivity index (χ4v) is 4.16. The Bertz CT molecular complexity index is 1450. The average Bonchev–Trinajstić information content (AvgIpc) is 2.85. The van der Waals surface area contributed by atoms with Crippen molar-refractivity contribution in [3.63, 3.8) is 0 Å². The molecule has 0 aliphatic carbocycles. The lowest BCUT2D eigenvalue weighted by Gasteiger charge is -2.27. The van der Waals surface area contributed by atoms with E-state index in [2.05, 4.69) is 0 Å². The minimum absolute atomic E-state index is 0.240. The molecule has 0 spiro atoms. The first-order valence-electron chi connectivity index (χ1n) is 10.6. The van der Waals surface area contributed by atoms with Gasteiger partial charge in [-0.1, -0.05) is 48.5 Å². The molecule has 0 fully saturated rings. The second kappa shape index (κ2) is 8.31. The number of fused-ring (bicyclic) bond motifs is 1. The van der Waals surface area contributed by atoms with Gasteiger partial charge in [0.1, 0.15) is 5.75 Å². The average molecular weight is 438 g/mol. The normalized spacial score (nSPS) is 14.7. The number of hydrogen-bond donors (Lipinski definition) is 0. The lowest BCUT2D eigenvalue weighted by molar-refractivity contribution is 0.370. The summed E-state index contributed by atoms with van der Waals surface area (Å²) in [5, 5.41) is 0. The Labute approximate surface area is 190 Å². The zero-order valence-electron chi connectivity index (χ0n) is 18.3. The zero-order valence-corrected chi connectivity index (χ0v) is 18.3. The Morgan fingerprint density at radius 3 is 1.94 bits per heavy atom. The highest BCUT2D eigenvalue weighted by atomic mass is 16.5. The maximum Gasteiger partial charge on any atom is 0.343 e. The fraction of sp³-hybridized carbons (Fsp3) is 0.111. The van der Waals surface area contributed by atoms with Gasteiger partial charge in [0.25, 0.3) is 5.56 Å². The number of benzene rings is 3. The molecule has 1 atom stereocenters. The quantitative estimate of drug-likeness (QED) is 0.473. The Kier molecular flexibility index (Phi) is 5.18. The van der Waals surface area contributed by atoms with Crippen LogP contribution in [0.2, 0.25) is 0 Å². The zero-order chi connectivity index (χ0) is 22.9. The third-order valence-electron chi connectivity index (χ3n) is 5.72. The Balaban J connectivity index is 1.86. The molecular weight excluding hydrogens is 416 g/mol. The van der Waals surface area contributed by atoms with E-state index >= 15 is 0 Å². The van der Waals surface area contributed by atoms with Gasteiger partial charge in [-0.05, 0) is 55.0 Å². The van der Waals surface area contributed by atoms with E-state index in [1.807, 2.05) is 73.7 Å². The summed E-state index contributed by atoms with van der Waals surface area (Å²) in [5.74, 6) is 1.19. The molecular formula is C27H22N2O4. The van der Waals surface area contributed by atoms with Gasteiger partial charge in [0, 0.05) is 5.92 Å². The van der Waals surface area contributed by atoms with Gasteiger partial charge in [-0.3, -0.25) is 4.79 Å². The predicted octanol–water partition coefficient (Wildman–Crippen LogP) is 4.43. The molecule has 0 bridgehead atoms. The molecule has 1 aliphatic rings. The molecule has 0 saturated carbocycles. The van der Waals surface area contributed by atoms with Gasteiger partial charge in [-0.15, -0.1) is 0 Å². The molecule has 2 heterocycles. The van der Waals surface area contributed by atoms with Crippen molar-refractivity contribution in [2.24, 2.45) is 0 Å². The van der Waals surface area contributed by atoms with E-state index < -0.39 is 17.2 Å². The molecule has 1 aromatic heterocycles. The van der Waals surface area contributed by atoms with E-state index in [1.165, 1.54) is 9.13 Å². The minimum atomic E-state index is -0.487. The largest absolute Gasteiger partial charge is 0.497 e. The summed E-state index contributed by atoms with van der Waals surface area (Å²) >= 11 is 0. The first-order chi connectivity index (χ1) is 16.1. The van der Waals surface area contributed by atoms with Crippen LogP contribution in [0.25, 0.3) is 11.4 Å². The van der Waals surface area contributed by atoms with Gasteiger partial charge >= 0.3 is 5.69 Å². The van der Waals surface area contributed by atoms with Gasteiger partial charge < -0.3 is 9.47 Å². The Morgan fingerprint density at radius 1 is 0.788 bits per heavy atom. The third-order valence-corrected chi connectivity index (χ3v) is 5.72. The first-order valence-corrected chi connectivity index (χ1v) is 10.6. The molecule has 0 N–H and O–H groups in total. The number of hydrogen-bond acceptors (Lipinski definition) is 4. The van der Waals surface area contributed by atoms with Gasteiger partial charge in [-0.25, -0.2) is 13.9 Å². The first kappa shape index (κ1) is 20.6. The molecule has 6 nitrogen and oxygen atoms in total. The summed E-state index contributed by atoms with van der Waals surface area (Å²) in [5.41, 5.74) is 1.52. The summed E-state index contributed by atoms with van der Waals surface area (Å²) in [7, 11) is 1.61. The van der Waals surface area contributed by atoms with Gasteiger partial charge in [-0.2, -0.15) is 0 Å². The maximum atomic E-state index is 13.8. The molecule has 6 heteroatoms. The van der Waals surface area contributed by atoms with Crippen molar-refractivity contribution in [2.75, 3.05) is 7.11 Å². The van der Waals surface area contributed by atoms with Gasteiger partial charge in [0.05, 0.1) is 29.8 Å². The summed E-state index contributed by atoms with van der Waals surface area (Å²) in [6, 6.07) is 25.7. The van der Waals surface area contributed by atoms with Gasteiger partial charge in [0.15, 0.2) is 0 Å². The van der Waals surface area contributed by atoms with E-state index in [0.717, 1.165) is 11.3 Å². The van der Waals surface area contributed by atoms with Crippen molar-refractivity contribution >= 4 is 0 Å². The van der Waals surface area contributed by atoms with Crippen LogP contribution in [-0.2, 0) is 0 Å². The van der Waals surface area contributed by atoms with E-state index in [0.29, 0.717) is 22.7 Å². The molecule has 3 aromatic carbocycles. The molecule has 1 unspecified atom stereocenters. The molecule has 33 heavy (non-hydrogen) atoms. The number of methoxy groups -OCH3 is 1. The Morgan fingerprint density at radius 2 is 1.36 bits per heavy atom. The minimum Gasteiger partial charge on any atom is -0.497 e. The molecule has 5 rings (SSSR count). The fourth-order valence-electron chi connectivity index (χ4n) is 4.16. The van der Waals surface area contributed by atoms with Crippen molar-refractivity contribution in [3.05, 3.63) is 129 Å². The van der Waals surface area contributed by atoms with Crippen molar-refractivity contribution < 1.29 is 9.47 Å². The monoisotopic (exact) mass is 438 g/mol. The lowest BCUT2D eigenvalue weighted by Crippen LogP contribution is -2.42. The van der Waals surface area contributed by atoms with Crippen LogP contribution in [0.3, 0.4) is 0 Å². The molecule has 0 radical (unpaired) electrons. The summed E-state index contributed by atoms with van der Waals surface area (Å²) < 4.78 is 14.0. The highest BCUT2D eigenvalue weighted by Gasteiger charge is 2.31. The standard InChI is InChI=1S/C27H22N2O4/c1-18-17-23(19-13-15-22(32-2)16-14-19)24-25(30)28(20-9-5-3-6-10-20)27(31)29(26(24)33-18)21-11-7-4-8-12-21/h3-17,23H,1-2H3. The molecule has 4 aromatic rings. The molecule has 164 valence electrons. The van der Waals surface area contributed by atoms with Crippen molar-refractivity contribution in [1.82, 2.24) is 9.13 Å². The number of para-hydroxylation sites is 2. The molecule has 0 saturated heterocycles. The number of aromatic nitrogens is 2. The smallest absolute Gasteiger partial charge is 0.343 e. The third kappa shape index (κ3) is 3.55. The van der Waals surface area contributed by atoms with Crippen LogP contribution in [0.5, 0.6) is 11.6 Å².